The maximum Gasteiger partial charge on any atom is 0.248 e. The van der Waals surface area contributed by atoms with Gasteiger partial charge in [-0.15, -0.1) is 0 Å². The Morgan fingerprint density at radius 2 is 1.62 bits per heavy atom. The van der Waals surface area contributed by atoms with E-state index in [0.29, 0.717) is 5.56 Å². The van der Waals surface area contributed by atoms with E-state index >= 15 is 0 Å². The van der Waals surface area contributed by atoms with Gasteiger partial charge in [0.05, 0.1) is 7.11 Å². The Balaban J connectivity index is 0.000000400. The predicted molar refractivity (Wildman–Crippen MR) is 86.8 cm³/mol. The first-order valence-corrected chi connectivity index (χ1v) is 7.73. The molecule has 0 saturated carbocycles. The van der Waals surface area contributed by atoms with Crippen LogP contribution in [-0.4, -0.2) is 18.1 Å². The topological polar surface area (TPSA) is 72.5 Å². The first kappa shape index (κ1) is 19.3. The second-order valence-corrected chi connectivity index (χ2v) is 5.02. The van der Waals surface area contributed by atoms with Gasteiger partial charge in [-0.1, -0.05) is 58.8 Å². The lowest BCUT2D eigenvalue weighted by Crippen LogP contribution is -2.10. The lowest BCUT2D eigenvalue weighted by molar-refractivity contribution is 0.1000. The molecule has 1 amide bonds. The fraction of sp³-hybridized carbons (Fsp3) is 0.588. The van der Waals surface area contributed by atoms with Gasteiger partial charge in [-0.2, -0.15) is 0 Å². The summed E-state index contributed by atoms with van der Waals surface area (Å²) in [4.78, 5) is 10.7. The number of benzene rings is 1. The van der Waals surface area contributed by atoms with Crippen LogP contribution in [-0.2, 0) is 0 Å². The van der Waals surface area contributed by atoms with Crippen LogP contribution in [0.1, 0.15) is 69.2 Å². The van der Waals surface area contributed by atoms with E-state index in [2.05, 4.69) is 13.8 Å². The summed E-state index contributed by atoms with van der Waals surface area (Å²) in [6.07, 6.45) is 9.97. The minimum atomic E-state index is -0.548. The van der Waals surface area contributed by atoms with E-state index in [1.807, 2.05) is 0 Å². The lowest BCUT2D eigenvalue weighted by Gasteiger charge is -2.03. The molecule has 0 aromatic heterocycles. The van der Waals surface area contributed by atoms with Crippen molar-refractivity contribution in [2.45, 2.75) is 58.8 Å². The minimum absolute atomic E-state index is 0.0116. The standard InChI is InChI=1S/C9H20.C8H9NO3/c1-3-5-7-9-8-6-4-2;1-12-7-4-5(8(9)11)2-3-6(7)10/h3-9H2,1-2H3;2-4,10H,1H3,(H2,9,11). The number of primary amides is 1. The second-order valence-electron chi connectivity index (χ2n) is 5.02. The van der Waals surface area contributed by atoms with Crippen LogP contribution in [0, 0.1) is 0 Å². The van der Waals surface area contributed by atoms with E-state index in [1.165, 1.54) is 70.3 Å². The molecule has 0 atom stereocenters. The van der Waals surface area contributed by atoms with E-state index < -0.39 is 5.91 Å². The molecule has 0 aliphatic rings. The number of phenols is 1. The highest BCUT2D eigenvalue weighted by Gasteiger charge is 2.05. The summed E-state index contributed by atoms with van der Waals surface area (Å²) >= 11 is 0. The van der Waals surface area contributed by atoms with Crippen LogP contribution >= 0.6 is 0 Å². The summed E-state index contributed by atoms with van der Waals surface area (Å²) in [5.41, 5.74) is 5.32. The number of hydrogen-bond acceptors (Lipinski definition) is 3. The summed E-state index contributed by atoms with van der Waals surface area (Å²) < 4.78 is 4.78. The monoisotopic (exact) mass is 295 g/mol. The van der Waals surface area contributed by atoms with Gasteiger partial charge in [-0.05, 0) is 18.2 Å². The van der Waals surface area contributed by atoms with Crippen molar-refractivity contribution in [1.82, 2.24) is 0 Å². The van der Waals surface area contributed by atoms with Gasteiger partial charge in [0.2, 0.25) is 5.91 Å². The zero-order valence-electron chi connectivity index (χ0n) is 13.5. The summed E-state index contributed by atoms with van der Waals surface area (Å²) in [5, 5.41) is 9.14. The molecule has 4 nitrogen and oxygen atoms in total. The highest BCUT2D eigenvalue weighted by atomic mass is 16.5. The number of methoxy groups -OCH3 is 1. The van der Waals surface area contributed by atoms with Gasteiger partial charge in [0.1, 0.15) is 0 Å². The number of hydrogen-bond donors (Lipinski definition) is 2. The van der Waals surface area contributed by atoms with E-state index in [0.717, 1.165) is 0 Å². The molecule has 120 valence electrons. The molecule has 0 radical (unpaired) electrons. The Hall–Kier alpha value is -1.71. The average molecular weight is 295 g/mol. The molecule has 3 N–H and O–H groups in total. The van der Waals surface area contributed by atoms with Gasteiger partial charge in [0, 0.05) is 5.56 Å². The van der Waals surface area contributed by atoms with Crippen LogP contribution in [0.3, 0.4) is 0 Å². The third kappa shape index (κ3) is 8.95. The number of rotatable bonds is 8. The SMILES string of the molecule is CCCCCCCCC.COc1cc(C(N)=O)ccc1O. The van der Waals surface area contributed by atoms with Crippen LogP contribution in [0.15, 0.2) is 18.2 Å². The van der Waals surface area contributed by atoms with E-state index in [-0.39, 0.29) is 11.5 Å². The zero-order chi connectivity index (χ0) is 16.1. The fourth-order valence-corrected chi connectivity index (χ4v) is 1.86. The highest BCUT2D eigenvalue weighted by molar-refractivity contribution is 5.93. The number of amides is 1. The molecule has 1 aromatic carbocycles. The Morgan fingerprint density at radius 3 is 2.05 bits per heavy atom. The maximum absolute atomic E-state index is 10.7. The highest BCUT2D eigenvalue weighted by Crippen LogP contribution is 2.25. The molecule has 0 fully saturated rings. The summed E-state index contributed by atoms with van der Waals surface area (Å²) in [7, 11) is 1.40. The van der Waals surface area contributed by atoms with E-state index in [1.54, 1.807) is 0 Å². The molecule has 21 heavy (non-hydrogen) atoms. The van der Waals surface area contributed by atoms with Crippen molar-refractivity contribution in [2.75, 3.05) is 7.11 Å². The number of nitrogens with two attached hydrogens (primary N) is 1. The normalized spacial score (nSPS) is 9.67. The minimum Gasteiger partial charge on any atom is -0.504 e. The van der Waals surface area contributed by atoms with Crippen LogP contribution in [0.5, 0.6) is 11.5 Å². The first-order chi connectivity index (χ1) is 10.1. The number of ether oxygens (including phenoxy) is 1. The van der Waals surface area contributed by atoms with Crippen LogP contribution < -0.4 is 10.5 Å². The molecular weight excluding hydrogens is 266 g/mol. The van der Waals surface area contributed by atoms with Gasteiger partial charge in [0.25, 0.3) is 0 Å². The largest absolute Gasteiger partial charge is 0.504 e. The molecule has 1 aromatic rings. The Morgan fingerprint density at radius 1 is 1.10 bits per heavy atom. The fourth-order valence-electron chi connectivity index (χ4n) is 1.86. The van der Waals surface area contributed by atoms with Gasteiger partial charge in [-0.25, -0.2) is 0 Å². The predicted octanol–water partition coefficient (Wildman–Crippen LogP) is 4.26. The van der Waals surface area contributed by atoms with Gasteiger partial charge >= 0.3 is 0 Å². The molecule has 0 bridgehead atoms. The molecule has 0 aliphatic carbocycles. The van der Waals surface area contributed by atoms with Gasteiger partial charge in [-0.3, -0.25) is 4.79 Å². The van der Waals surface area contributed by atoms with Gasteiger partial charge in [0.15, 0.2) is 11.5 Å². The van der Waals surface area contributed by atoms with Crippen molar-refractivity contribution >= 4 is 5.91 Å². The molecule has 0 spiro atoms. The van der Waals surface area contributed by atoms with Crippen molar-refractivity contribution in [3.63, 3.8) is 0 Å². The molecule has 4 heteroatoms. The summed E-state index contributed by atoms with van der Waals surface area (Å²) in [5.74, 6) is -0.317. The Kier molecular flexibility index (Phi) is 11.1. The number of unbranched alkanes of at least 4 members (excludes halogenated alkanes) is 6. The third-order valence-corrected chi connectivity index (χ3v) is 3.17. The average Bonchev–Trinajstić information content (AvgIpc) is 2.48. The van der Waals surface area contributed by atoms with Crippen molar-refractivity contribution in [2.24, 2.45) is 5.73 Å². The van der Waals surface area contributed by atoms with E-state index in [4.69, 9.17) is 15.6 Å². The van der Waals surface area contributed by atoms with Crippen LogP contribution in [0.4, 0.5) is 0 Å². The van der Waals surface area contributed by atoms with Gasteiger partial charge < -0.3 is 15.6 Å². The number of aromatic hydroxyl groups is 1. The summed E-state index contributed by atoms with van der Waals surface area (Å²) in [6.45, 7) is 4.53. The second kappa shape index (κ2) is 12.1. The summed E-state index contributed by atoms with van der Waals surface area (Å²) in [6, 6.07) is 4.18. The van der Waals surface area contributed by atoms with Crippen molar-refractivity contribution in [3.8, 4) is 11.5 Å². The third-order valence-electron chi connectivity index (χ3n) is 3.17. The molecule has 0 heterocycles. The van der Waals surface area contributed by atoms with Crippen molar-refractivity contribution in [1.29, 1.82) is 0 Å². The number of carbonyl (C=O) groups excluding carboxylic acids is 1. The molecule has 0 saturated heterocycles. The molecule has 0 aliphatic heterocycles. The number of phenolic OH excluding ortho intramolecular Hbond substituents is 1. The van der Waals surface area contributed by atoms with Crippen molar-refractivity contribution in [3.05, 3.63) is 23.8 Å². The van der Waals surface area contributed by atoms with Crippen LogP contribution in [0.2, 0.25) is 0 Å². The smallest absolute Gasteiger partial charge is 0.248 e. The Labute approximate surface area is 128 Å². The molecule has 0 unspecified atom stereocenters. The van der Waals surface area contributed by atoms with Crippen molar-refractivity contribution < 1.29 is 14.6 Å². The maximum atomic E-state index is 10.7. The quantitative estimate of drug-likeness (QED) is 0.704. The molecule has 1 rings (SSSR count). The first-order valence-electron chi connectivity index (χ1n) is 7.73. The zero-order valence-corrected chi connectivity index (χ0v) is 13.5. The molecular formula is C17H29NO3. The van der Waals surface area contributed by atoms with Crippen LogP contribution in [0.25, 0.3) is 0 Å². The Bertz CT molecular complexity index is 399. The van der Waals surface area contributed by atoms with E-state index in [9.17, 15) is 4.79 Å². The number of carbonyl (C=O) groups is 1. The lowest BCUT2D eigenvalue weighted by atomic mass is 10.1.